The van der Waals surface area contributed by atoms with Gasteiger partial charge in [-0.2, -0.15) is 0 Å². The zero-order valence-corrected chi connectivity index (χ0v) is 18.7. The normalized spacial score (nSPS) is 15.2. The van der Waals surface area contributed by atoms with Crippen LogP contribution in [0.1, 0.15) is 41.0 Å². The number of amides is 2. The van der Waals surface area contributed by atoms with Crippen molar-refractivity contribution < 1.29 is 19.5 Å². The first-order chi connectivity index (χ1) is 16.4. The molecule has 0 bridgehead atoms. The molecule has 0 aliphatic carbocycles. The maximum atomic E-state index is 13.5. The lowest BCUT2D eigenvalue weighted by molar-refractivity contribution is -0.139. The number of carboxylic acids is 1. The molecule has 0 saturated heterocycles. The van der Waals surface area contributed by atoms with Crippen LogP contribution < -0.4 is 16.4 Å². The van der Waals surface area contributed by atoms with Gasteiger partial charge in [-0.15, -0.1) is 0 Å². The highest BCUT2D eigenvalue weighted by molar-refractivity contribution is 5.96. The molecule has 1 aromatic heterocycles. The highest BCUT2D eigenvalue weighted by Gasteiger charge is 2.26. The third-order valence-corrected chi connectivity index (χ3v) is 5.78. The number of para-hydroxylation sites is 2. The maximum Gasteiger partial charge on any atom is 0.305 e. The number of benzene rings is 2. The Balaban J connectivity index is 1.56. The van der Waals surface area contributed by atoms with E-state index in [4.69, 9.17) is 10.8 Å². The number of imidazole rings is 1. The molecular formula is C24H28N6O4. The smallest absolute Gasteiger partial charge is 0.305 e. The van der Waals surface area contributed by atoms with E-state index < -0.39 is 12.0 Å². The van der Waals surface area contributed by atoms with Gasteiger partial charge in [0, 0.05) is 24.3 Å². The van der Waals surface area contributed by atoms with E-state index in [-0.39, 0.29) is 24.8 Å². The molecule has 0 spiro atoms. The summed E-state index contributed by atoms with van der Waals surface area (Å²) in [6.45, 7) is 1.61. The number of aliphatic carboxylic acids is 1. The Morgan fingerprint density at radius 2 is 2.00 bits per heavy atom. The average Bonchev–Trinajstić information content (AvgIpc) is 3.17. The summed E-state index contributed by atoms with van der Waals surface area (Å²) in [5.41, 5.74) is 9.24. The lowest BCUT2D eigenvalue weighted by Gasteiger charge is -2.22. The lowest BCUT2D eigenvalue weighted by atomic mass is 10.1. The Morgan fingerprint density at radius 3 is 2.76 bits per heavy atom. The van der Waals surface area contributed by atoms with E-state index in [2.05, 4.69) is 20.6 Å². The molecule has 1 aliphatic rings. The summed E-state index contributed by atoms with van der Waals surface area (Å²) in [5.74, 6) is -0.915. The Labute approximate surface area is 196 Å². The fraction of sp³-hybridized carbons (Fsp3) is 0.333. The number of nitrogens with one attached hydrogen (secondary N) is 3. The van der Waals surface area contributed by atoms with Gasteiger partial charge in [0.25, 0.3) is 5.91 Å². The number of aromatic amines is 1. The van der Waals surface area contributed by atoms with Crippen molar-refractivity contribution in [3.63, 3.8) is 0 Å². The van der Waals surface area contributed by atoms with Crippen LogP contribution in [-0.4, -0.2) is 56.9 Å². The number of hydrogen-bond acceptors (Lipinski definition) is 6. The van der Waals surface area contributed by atoms with Gasteiger partial charge in [-0.25, -0.2) is 4.98 Å². The van der Waals surface area contributed by atoms with Crippen LogP contribution in [0.15, 0.2) is 42.5 Å². The Hall–Kier alpha value is -3.92. The summed E-state index contributed by atoms with van der Waals surface area (Å²) in [7, 11) is 0. The SMILES string of the molecule is NCCCCN(Cc1nc2ccccc2[nH]1)C(=O)c1ccc2c(c1)CNC(=O)C(CC(=O)O)N2. The standard InChI is InChI=1S/C24H28N6O4/c25-9-3-4-10-30(14-21-28-18-5-1-2-6-19(18)29-21)24(34)15-7-8-17-16(11-15)13-26-23(33)20(27-17)12-22(31)32/h1-2,5-8,11,20,27H,3-4,9-10,12-14,25H2,(H,26,33)(H,28,29)(H,31,32). The zero-order valence-electron chi connectivity index (χ0n) is 18.7. The van der Waals surface area contributed by atoms with Crippen LogP contribution in [0.3, 0.4) is 0 Å². The molecule has 178 valence electrons. The number of hydrogen-bond donors (Lipinski definition) is 5. The molecule has 10 heteroatoms. The van der Waals surface area contributed by atoms with E-state index in [0.717, 1.165) is 29.4 Å². The molecular weight excluding hydrogens is 436 g/mol. The fourth-order valence-electron chi connectivity index (χ4n) is 4.03. The van der Waals surface area contributed by atoms with E-state index in [1.54, 1.807) is 23.1 Å². The van der Waals surface area contributed by atoms with Crippen LogP contribution >= 0.6 is 0 Å². The molecule has 34 heavy (non-hydrogen) atoms. The van der Waals surface area contributed by atoms with E-state index in [1.165, 1.54) is 0 Å². The number of anilines is 1. The molecule has 1 aliphatic heterocycles. The topological polar surface area (TPSA) is 153 Å². The number of carbonyl (C=O) groups is 3. The van der Waals surface area contributed by atoms with Crippen molar-refractivity contribution in [1.29, 1.82) is 0 Å². The number of carboxylic acid groups (broad SMARTS) is 1. The van der Waals surface area contributed by atoms with Crippen molar-refractivity contribution in [2.75, 3.05) is 18.4 Å². The lowest BCUT2D eigenvalue weighted by Crippen LogP contribution is -2.38. The van der Waals surface area contributed by atoms with Crippen molar-refractivity contribution in [2.45, 2.75) is 38.4 Å². The van der Waals surface area contributed by atoms with Crippen molar-refractivity contribution in [3.8, 4) is 0 Å². The highest BCUT2D eigenvalue weighted by Crippen LogP contribution is 2.23. The summed E-state index contributed by atoms with van der Waals surface area (Å²) in [6, 6.07) is 12.0. The molecule has 10 nitrogen and oxygen atoms in total. The van der Waals surface area contributed by atoms with E-state index in [1.807, 2.05) is 24.3 Å². The van der Waals surface area contributed by atoms with Gasteiger partial charge >= 0.3 is 5.97 Å². The van der Waals surface area contributed by atoms with Crippen LogP contribution in [0.25, 0.3) is 11.0 Å². The van der Waals surface area contributed by atoms with Gasteiger partial charge in [-0.3, -0.25) is 14.4 Å². The first-order valence-electron chi connectivity index (χ1n) is 11.3. The van der Waals surface area contributed by atoms with Gasteiger partial charge in [-0.1, -0.05) is 12.1 Å². The molecule has 2 aromatic carbocycles. The molecule has 1 unspecified atom stereocenters. The average molecular weight is 465 g/mol. The number of unbranched alkanes of at least 4 members (excludes halogenated alkanes) is 1. The van der Waals surface area contributed by atoms with Gasteiger partial charge in [0.1, 0.15) is 11.9 Å². The minimum atomic E-state index is -1.07. The number of rotatable bonds is 9. The number of carbonyl (C=O) groups excluding carboxylic acids is 2. The summed E-state index contributed by atoms with van der Waals surface area (Å²) < 4.78 is 0. The number of nitrogens with two attached hydrogens (primary N) is 1. The number of nitrogens with zero attached hydrogens (tertiary/aromatic N) is 2. The van der Waals surface area contributed by atoms with Crippen molar-refractivity contribution in [2.24, 2.45) is 5.73 Å². The maximum absolute atomic E-state index is 13.5. The molecule has 2 amide bonds. The van der Waals surface area contributed by atoms with Gasteiger partial charge in [-0.05, 0) is 55.3 Å². The largest absolute Gasteiger partial charge is 0.481 e. The Kier molecular flexibility index (Phi) is 7.07. The van der Waals surface area contributed by atoms with Crippen LogP contribution in [-0.2, 0) is 22.7 Å². The molecule has 3 aromatic rings. The second-order valence-electron chi connectivity index (χ2n) is 8.31. The van der Waals surface area contributed by atoms with E-state index in [9.17, 15) is 14.4 Å². The first kappa shape index (κ1) is 23.2. The number of H-pyrrole nitrogens is 1. The molecule has 1 atom stereocenters. The Bertz CT molecular complexity index is 1170. The van der Waals surface area contributed by atoms with E-state index in [0.29, 0.717) is 36.7 Å². The van der Waals surface area contributed by atoms with Gasteiger partial charge in [0.2, 0.25) is 5.91 Å². The summed E-state index contributed by atoms with van der Waals surface area (Å²) in [4.78, 5) is 46.4. The zero-order chi connectivity index (χ0) is 24.1. The Morgan fingerprint density at radius 1 is 1.18 bits per heavy atom. The molecule has 0 radical (unpaired) electrons. The molecule has 0 fully saturated rings. The minimum absolute atomic E-state index is 0.155. The van der Waals surface area contributed by atoms with Gasteiger partial charge in [0.15, 0.2) is 0 Å². The second-order valence-corrected chi connectivity index (χ2v) is 8.31. The van der Waals surface area contributed by atoms with Crippen LogP contribution in [0, 0.1) is 0 Å². The number of aromatic nitrogens is 2. The molecule has 0 saturated carbocycles. The molecule has 6 N–H and O–H groups in total. The summed E-state index contributed by atoms with van der Waals surface area (Å²) in [6.07, 6.45) is 1.23. The third-order valence-electron chi connectivity index (χ3n) is 5.78. The van der Waals surface area contributed by atoms with Crippen molar-refractivity contribution in [3.05, 3.63) is 59.4 Å². The van der Waals surface area contributed by atoms with Crippen LogP contribution in [0.2, 0.25) is 0 Å². The second kappa shape index (κ2) is 10.3. The number of fused-ring (bicyclic) bond motifs is 2. The van der Waals surface area contributed by atoms with Crippen LogP contribution in [0.4, 0.5) is 5.69 Å². The highest BCUT2D eigenvalue weighted by atomic mass is 16.4. The summed E-state index contributed by atoms with van der Waals surface area (Å²) in [5, 5.41) is 14.8. The quantitative estimate of drug-likeness (QED) is 0.303. The summed E-state index contributed by atoms with van der Waals surface area (Å²) >= 11 is 0. The molecule has 2 heterocycles. The van der Waals surface area contributed by atoms with Crippen molar-refractivity contribution in [1.82, 2.24) is 20.2 Å². The molecule has 4 rings (SSSR count). The third kappa shape index (κ3) is 5.34. The van der Waals surface area contributed by atoms with Gasteiger partial charge in [0.05, 0.1) is 24.0 Å². The van der Waals surface area contributed by atoms with Crippen LogP contribution in [0.5, 0.6) is 0 Å². The van der Waals surface area contributed by atoms with Crippen molar-refractivity contribution >= 4 is 34.5 Å². The monoisotopic (exact) mass is 464 g/mol. The first-order valence-corrected chi connectivity index (χ1v) is 11.3. The van der Waals surface area contributed by atoms with E-state index >= 15 is 0 Å². The predicted molar refractivity (Wildman–Crippen MR) is 127 cm³/mol. The fourth-order valence-corrected chi connectivity index (χ4v) is 4.03. The predicted octanol–water partition coefficient (Wildman–Crippen LogP) is 1.83. The minimum Gasteiger partial charge on any atom is -0.481 e. The van der Waals surface area contributed by atoms with Gasteiger partial charge < -0.3 is 31.4 Å².